The summed E-state index contributed by atoms with van der Waals surface area (Å²) in [6.45, 7) is 25.6. The predicted molar refractivity (Wildman–Crippen MR) is 285 cm³/mol. The minimum absolute atomic E-state index is 0.0578. The van der Waals surface area contributed by atoms with Gasteiger partial charge in [-0.15, -0.1) is 0 Å². The highest BCUT2D eigenvalue weighted by molar-refractivity contribution is 6.28. The summed E-state index contributed by atoms with van der Waals surface area (Å²) in [6, 6.07) is 52.1. The number of rotatable bonds is 8. The highest BCUT2D eigenvalue weighted by Crippen LogP contribution is 2.45. The van der Waals surface area contributed by atoms with Crippen LogP contribution in [0.5, 0.6) is 0 Å². The Bertz CT molecular complexity index is 3200. The van der Waals surface area contributed by atoms with Gasteiger partial charge in [-0.05, 0) is 147 Å². The molecule has 0 unspecified atom stereocenters. The van der Waals surface area contributed by atoms with Crippen LogP contribution in [-0.2, 0) is 5.41 Å². The number of para-hydroxylation sites is 2. The molecule has 64 heavy (non-hydrogen) atoms. The lowest BCUT2D eigenvalue weighted by atomic mass is 9.81. The summed E-state index contributed by atoms with van der Waals surface area (Å²) in [5.41, 5.74) is 20.3. The predicted octanol–water partition coefficient (Wildman–Crippen LogP) is 17.6. The van der Waals surface area contributed by atoms with E-state index in [2.05, 4.69) is 218 Å². The lowest BCUT2D eigenvalue weighted by Crippen LogP contribution is -2.10. The smallest absolute Gasteiger partial charge is 0.0541 e. The van der Waals surface area contributed by atoms with Crippen LogP contribution in [0.3, 0.4) is 0 Å². The van der Waals surface area contributed by atoms with Crippen molar-refractivity contribution in [3.63, 3.8) is 0 Å². The van der Waals surface area contributed by atoms with Gasteiger partial charge in [-0.2, -0.15) is 0 Å². The standard InChI is InChI=1S/C49H40N2.C9H14.C4H6/c1-31(11-10-26-50)32-18-20-33(21-19-32)43-30-44(42-25-23-36-28-37(49(2,3)4)27-35-22-24-41(43)48(42)47(35)36)34-12-9-13-38(29-34)51-45-16-7-5-14-39(45)40-15-6-8-17-46(40)51;1-8(2)6-5-7-9(3)4;1-3-4-2/h5-30H,50H2,1-4H3;5-7H,1H2,2-4H3;3-4H,1-2H2/b26-10-,31-11+;6-5-;. The van der Waals surface area contributed by atoms with Crippen LogP contribution in [0.25, 0.3) is 87.6 Å². The molecule has 0 aliphatic carbocycles. The maximum Gasteiger partial charge on any atom is 0.0541 e. The fraction of sp³-hybridized carbons (Fsp3) is 0.129. The Morgan fingerprint density at radius 1 is 0.562 bits per heavy atom. The number of hydrogen-bond donors (Lipinski definition) is 1. The molecule has 0 atom stereocenters. The highest BCUT2D eigenvalue weighted by Gasteiger charge is 2.21. The molecule has 0 radical (unpaired) electrons. The van der Waals surface area contributed by atoms with E-state index in [9.17, 15) is 0 Å². The minimum Gasteiger partial charge on any atom is -0.405 e. The highest BCUT2D eigenvalue weighted by atomic mass is 15.0. The van der Waals surface area contributed by atoms with Gasteiger partial charge in [0.15, 0.2) is 0 Å². The molecule has 0 amide bonds. The van der Waals surface area contributed by atoms with Crippen molar-refractivity contribution < 1.29 is 0 Å². The zero-order valence-electron chi connectivity index (χ0n) is 38.5. The van der Waals surface area contributed by atoms with Gasteiger partial charge in [-0.3, -0.25) is 0 Å². The van der Waals surface area contributed by atoms with Gasteiger partial charge in [0.25, 0.3) is 0 Å². The fourth-order valence-electron chi connectivity index (χ4n) is 8.45. The maximum atomic E-state index is 5.62. The fourth-order valence-corrected chi connectivity index (χ4v) is 8.45. The molecule has 1 heterocycles. The molecule has 9 aromatic rings. The molecule has 2 N–H and O–H groups in total. The molecule has 0 aliphatic heterocycles. The van der Waals surface area contributed by atoms with E-state index in [0.29, 0.717) is 0 Å². The SMILES string of the molecule is C/C(=C\C=C/N)c1ccc(-c2cc(-c3cccc(-n4c5ccccc5c5ccccc54)c3)c3ccc4cc(C(C)(C)C)cc5ccc2c3c54)cc1.C=C(C)/C=C\C=C(C)C.C=CC=C. The Hall–Kier alpha value is -7.42. The summed E-state index contributed by atoms with van der Waals surface area (Å²) in [6.07, 6.45) is 14.9. The van der Waals surface area contributed by atoms with Crippen molar-refractivity contribution in [2.45, 2.75) is 53.9 Å². The van der Waals surface area contributed by atoms with E-state index >= 15 is 0 Å². The average Bonchev–Trinajstić information content (AvgIpc) is 3.64. The van der Waals surface area contributed by atoms with Crippen LogP contribution in [0.1, 0.15) is 59.6 Å². The third-order valence-corrected chi connectivity index (χ3v) is 11.7. The van der Waals surface area contributed by atoms with Crippen LogP contribution in [0.2, 0.25) is 0 Å². The number of hydrogen-bond acceptors (Lipinski definition) is 1. The van der Waals surface area contributed by atoms with Crippen LogP contribution in [0.15, 0.2) is 219 Å². The molecule has 8 aromatic carbocycles. The van der Waals surface area contributed by atoms with Gasteiger partial charge in [0.2, 0.25) is 0 Å². The Kier molecular flexibility index (Phi) is 13.5. The van der Waals surface area contributed by atoms with Gasteiger partial charge >= 0.3 is 0 Å². The third-order valence-electron chi connectivity index (χ3n) is 11.7. The molecule has 2 heteroatoms. The van der Waals surface area contributed by atoms with Gasteiger partial charge in [-0.25, -0.2) is 0 Å². The monoisotopic (exact) mass is 832 g/mol. The minimum atomic E-state index is 0.0578. The maximum absolute atomic E-state index is 5.62. The molecule has 0 fully saturated rings. The van der Waals surface area contributed by atoms with Gasteiger partial charge in [0.05, 0.1) is 11.0 Å². The van der Waals surface area contributed by atoms with Crippen molar-refractivity contribution in [3.05, 3.63) is 230 Å². The van der Waals surface area contributed by atoms with E-state index < -0.39 is 0 Å². The molecule has 9 rings (SSSR count). The van der Waals surface area contributed by atoms with E-state index in [1.54, 1.807) is 18.4 Å². The zero-order valence-corrected chi connectivity index (χ0v) is 38.5. The number of nitrogens with zero attached hydrogens (tertiary/aromatic N) is 1. The average molecular weight is 833 g/mol. The van der Waals surface area contributed by atoms with Crippen molar-refractivity contribution in [2.75, 3.05) is 0 Å². The Morgan fingerprint density at radius 3 is 1.67 bits per heavy atom. The summed E-state index contributed by atoms with van der Waals surface area (Å²) in [5.74, 6) is 0. The second-order valence-electron chi connectivity index (χ2n) is 17.8. The number of allylic oxidation sites excluding steroid dienone is 10. The van der Waals surface area contributed by atoms with Crippen molar-refractivity contribution in [1.29, 1.82) is 0 Å². The van der Waals surface area contributed by atoms with Crippen LogP contribution in [0, 0.1) is 0 Å². The number of aromatic nitrogens is 1. The molecule has 0 saturated heterocycles. The third kappa shape index (κ3) is 9.33. The molecule has 2 nitrogen and oxygen atoms in total. The van der Waals surface area contributed by atoms with Crippen LogP contribution >= 0.6 is 0 Å². The second kappa shape index (κ2) is 19.3. The van der Waals surface area contributed by atoms with E-state index in [0.717, 1.165) is 11.3 Å². The quantitative estimate of drug-likeness (QED) is 0.120. The van der Waals surface area contributed by atoms with Crippen molar-refractivity contribution >= 4 is 59.7 Å². The van der Waals surface area contributed by atoms with E-state index in [1.165, 1.54) is 98.7 Å². The molecule has 1 aromatic heterocycles. The normalized spacial score (nSPS) is 11.9. The van der Waals surface area contributed by atoms with Gasteiger partial charge in [-0.1, -0.05) is 197 Å². The van der Waals surface area contributed by atoms with E-state index in [4.69, 9.17) is 5.73 Å². The van der Waals surface area contributed by atoms with Crippen LogP contribution < -0.4 is 5.73 Å². The van der Waals surface area contributed by atoms with Gasteiger partial charge in [0.1, 0.15) is 0 Å². The number of nitrogens with two attached hydrogens (primary N) is 1. The summed E-state index contributed by atoms with van der Waals surface area (Å²) in [5, 5.41) is 10.3. The lowest BCUT2D eigenvalue weighted by Gasteiger charge is -2.23. The summed E-state index contributed by atoms with van der Waals surface area (Å²) < 4.78 is 2.41. The molecular weight excluding hydrogens is 773 g/mol. The molecule has 0 spiro atoms. The number of benzene rings is 8. The van der Waals surface area contributed by atoms with E-state index in [-0.39, 0.29) is 5.41 Å². The Balaban J connectivity index is 0.000000414. The first kappa shape index (κ1) is 44.6. The zero-order chi connectivity index (χ0) is 45.5. The summed E-state index contributed by atoms with van der Waals surface area (Å²) in [7, 11) is 0. The summed E-state index contributed by atoms with van der Waals surface area (Å²) in [4.78, 5) is 0. The molecule has 0 saturated carbocycles. The molecule has 0 aliphatic rings. The van der Waals surface area contributed by atoms with Gasteiger partial charge < -0.3 is 10.3 Å². The lowest BCUT2D eigenvalue weighted by molar-refractivity contribution is 0.591. The molecule has 318 valence electrons. The largest absolute Gasteiger partial charge is 0.405 e. The summed E-state index contributed by atoms with van der Waals surface area (Å²) >= 11 is 0. The topological polar surface area (TPSA) is 30.9 Å². The first-order valence-electron chi connectivity index (χ1n) is 22.1. The van der Waals surface area contributed by atoms with Crippen molar-refractivity contribution in [1.82, 2.24) is 4.57 Å². The molecular formula is C62H60N2. The second-order valence-corrected chi connectivity index (χ2v) is 17.8. The molecule has 0 bridgehead atoms. The first-order chi connectivity index (χ1) is 30.8. The Morgan fingerprint density at radius 2 is 1.14 bits per heavy atom. The van der Waals surface area contributed by atoms with E-state index in [1.807, 2.05) is 25.2 Å². The van der Waals surface area contributed by atoms with Crippen molar-refractivity contribution in [3.8, 4) is 27.9 Å². The van der Waals surface area contributed by atoms with Crippen LogP contribution in [0.4, 0.5) is 0 Å². The van der Waals surface area contributed by atoms with Gasteiger partial charge in [0, 0.05) is 16.5 Å². The van der Waals surface area contributed by atoms with Crippen molar-refractivity contribution in [2.24, 2.45) is 5.73 Å². The van der Waals surface area contributed by atoms with Crippen LogP contribution in [-0.4, -0.2) is 4.57 Å². The first-order valence-corrected chi connectivity index (χ1v) is 22.1. The Labute approximate surface area is 380 Å². The number of fused-ring (bicyclic) bond motifs is 3.